The molecule has 0 aliphatic heterocycles. The number of rotatable bonds is 11. The largest absolute Gasteiger partial charge is 0.515 e. The maximum atomic E-state index is 10.3. The van der Waals surface area contributed by atoms with Gasteiger partial charge in [0.05, 0.1) is 12.7 Å². The molecule has 0 saturated heterocycles. The summed E-state index contributed by atoms with van der Waals surface area (Å²) in [6, 6.07) is 2.20. The summed E-state index contributed by atoms with van der Waals surface area (Å²) in [6.07, 6.45) is 6.18. The molecule has 0 aliphatic rings. The summed E-state index contributed by atoms with van der Waals surface area (Å²) in [5, 5.41) is 29.0. The monoisotopic (exact) mass is 330 g/mol. The SMILES string of the molecule is CCCCCCCC(S)(C#N)[Si]=C(O)C(C)(CO)OCC. The second-order valence-corrected chi connectivity index (χ2v) is 8.19. The predicted octanol–water partition coefficient (Wildman–Crippen LogP) is 2.49. The third kappa shape index (κ3) is 7.46. The number of aliphatic hydroxyl groups is 2. The van der Waals surface area contributed by atoms with Gasteiger partial charge in [0, 0.05) is 6.61 Å². The van der Waals surface area contributed by atoms with E-state index in [0.29, 0.717) is 13.0 Å². The van der Waals surface area contributed by atoms with Gasteiger partial charge >= 0.3 is 0 Å². The quantitative estimate of drug-likeness (QED) is 0.309. The van der Waals surface area contributed by atoms with Crippen molar-refractivity contribution in [2.75, 3.05) is 13.2 Å². The maximum absolute atomic E-state index is 10.3. The van der Waals surface area contributed by atoms with Gasteiger partial charge in [0.2, 0.25) is 0 Å². The van der Waals surface area contributed by atoms with Gasteiger partial charge in [-0.2, -0.15) is 17.9 Å². The van der Waals surface area contributed by atoms with E-state index < -0.39 is 9.97 Å². The fourth-order valence-electron chi connectivity index (χ4n) is 1.97. The van der Waals surface area contributed by atoms with E-state index in [4.69, 9.17) is 4.74 Å². The molecule has 121 valence electrons. The minimum absolute atomic E-state index is 0.0111. The molecule has 0 fully saturated rings. The van der Waals surface area contributed by atoms with E-state index in [1.807, 2.05) is 0 Å². The minimum atomic E-state index is -1.11. The highest BCUT2D eigenvalue weighted by Gasteiger charge is 2.33. The van der Waals surface area contributed by atoms with Crippen LogP contribution in [0.1, 0.15) is 59.3 Å². The summed E-state index contributed by atoms with van der Waals surface area (Å²) in [6.45, 7) is 5.66. The van der Waals surface area contributed by atoms with Gasteiger partial charge in [0.1, 0.15) is 24.5 Å². The van der Waals surface area contributed by atoms with E-state index in [2.05, 4.69) is 25.6 Å². The Kier molecular flexibility index (Phi) is 10.2. The van der Waals surface area contributed by atoms with Gasteiger partial charge in [0.15, 0.2) is 0 Å². The summed E-state index contributed by atoms with van der Waals surface area (Å²) < 4.78 is 4.53. The molecule has 6 heteroatoms. The molecule has 0 aliphatic carbocycles. The van der Waals surface area contributed by atoms with E-state index in [9.17, 15) is 15.5 Å². The zero-order valence-corrected chi connectivity index (χ0v) is 15.2. The van der Waals surface area contributed by atoms with E-state index in [-0.39, 0.29) is 21.1 Å². The fraction of sp³-hybridized carbons (Fsp3) is 0.867. The molecule has 0 saturated carbocycles. The van der Waals surface area contributed by atoms with E-state index in [1.165, 1.54) is 12.8 Å². The Morgan fingerprint density at radius 2 is 1.90 bits per heavy atom. The normalized spacial score (nSPS) is 17.8. The Hall–Kier alpha value is -0.353. The first kappa shape index (κ1) is 20.6. The van der Waals surface area contributed by atoms with Gasteiger partial charge < -0.3 is 14.9 Å². The van der Waals surface area contributed by atoms with Crippen molar-refractivity contribution < 1.29 is 14.9 Å². The highest BCUT2D eigenvalue weighted by atomic mass is 32.1. The van der Waals surface area contributed by atoms with Gasteiger partial charge in [-0.05, 0) is 20.3 Å². The molecule has 0 aromatic rings. The minimum Gasteiger partial charge on any atom is -0.515 e. The van der Waals surface area contributed by atoms with Crippen LogP contribution in [0.4, 0.5) is 0 Å². The molecule has 0 amide bonds. The predicted molar refractivity (Wildman–Crippen MR) is 90.5 cm³/mol. The smallest absolute Gasteiger partial charge is 0.139 e. The number of aliphatic hydroxyl groups excluding tert-OH is 2. The molecular weight excluding hydrogens is 302 g/mol. The number of unbranched alkanes of at least 4 members (excludes halogenated alkanes) is 4. The van der Waals surface area contributed by atoms with Crippen LogP contribution < -0.4 is 0 Å². The zero-order valence-electron chi connectivity index (χ0n) is 13.4. The number of hydrogen-bond acceptors (Lipinski definition) is 5. The molecule has 0 heterocycles. The number of nitrogens with zero attached hydrogens (tertiary/aromatic N) is 1. The molecule has 4 nitrogen and oxygen atoms in total. The summed E-state index contributed by atoms with van der Waals surface area (Å²) in [4.78, 5) is 0. The van der Waals surface area contributed by atoms with Crippen molar-refractivity contribution in [2.24, 2.45) is 0 Å². The third-order valence-electron chi connectivity index (χ3n) is 3.42. The van der Waals surface area contributed by atoms with Crippen molar-refractivity contribution >= 4 is 27.1 Å². The average Bonchev–Trinajstić information content (AvgIpc) is 2.47. The second-order valence-electron chi connectivity index (χ2n) is 5.43. The molecule has 0 bridgehead atoms. The lowest BCUT2D eigenvalue weighted by Crippen LogP contribution is -2.46. The Morgan fingerprint density at radius 1 is 1.29 bits per heavy atom. The van der Waals surface area contributed by atoms with Gasteiger partial charge in [0.25, 0.3) is 0 Å². The first-order valence-electron chi connectivity index (χ1n) is 7.60. The molecule has 2 N–H and O–H groups in total. The number of nitriles is 1. The Morgan fingerprint density at radius 3 is 2.38 bits per heavy atom. The average molecular weight is 331 g/mol. The zero-order chi connectivity index (χ0) is 16.4. The van der Waals surface area contributed by atoms with Crippen LogP contribution in [0, 0.1) is 11.3 Å². The van der Waals surface area contributed by atoms with Crippen molar-refractivity contribution in [1.82, 2.24) is 0 Å². The lowest BCUT2D eigenvalue weighted by Gasteiger charge is -2.28. The first-order valence-corrected chi connectivity index (χ1v) is 9.05. The standard InChI is InChI=1S/C15H28NO3SSi/c1-4-6-7-8-9-10-15(20,11-16)21-13(18)14(3,12-17)19-5-2/h17-18,20H,4-10,12H2,1-3H3. The van der Waals surface area contributed by atoms with Crippen LogP contribution in [-0.2, 0) is 4.74 Å². The van der Waals surface area contributed by atoms with Crippen LogP contribution in [0.3, 0.4) is 0 Å². The lowest BCUT2D eigenvalue weighted by atomic mass is 10.1. The number of hydrogen-bond donors (Lipinski definition) is 3. The Bertz CT molecular complexity index is 372. The molecule has 2 atom stereocenters. The van der Waals surface area contributed by atoms with Crippen LogP contribution in [0.2, 0.25) is 0 Å². The molecule has 0 spiro atoms. The van der Waals surface area contributed by atoms with Gasteiger partial charge in [-0.3, -0.25) is 0 Å². The summed E-state index contributed by atoms with van der Waals surface area (Å²) in [5.41, 5.74) is -1.11. The lowest BCUT2D eigenvalue weighted by molar-refractivity contribution is -0.0199. The van der Waals surface area contributed by atoms with Crippen molar-refractivity contribution in [3.05, 3.63) is 0 Å². The van der Waals surface area contributed by atoms with E-state index in [0.717, 1.165) is 19.3 Å². The van der Waals surface area contributed by atoms with Crippen molar-refractivity contribution in [3.63, 3.8) is 0 Å². The van der Waals surface area contributed by atoms with Crippen LogP contribution in [0.25, 0.3) is 0 Å². The van der Waals surface area contributed by atoms with Crippen LogP contribution in [0.5, 0.6) is 0 Å². The molecule has 0 aromatic heterocycles. The van der Waals surface area contributed by atoms with Crippen LogP contribution >= 0.6 is 12.6 Å². The summed E-state index contributed by atoms with van der Waals surface area (Å²) in [5.74, 6) is 0. The Balaban J connectivity index is 4.76. The highest BCUT2D eigenvalue weighted by molar-refractivity contribution is 7.83. The van der Waals surface area contributed by atoms with Crippen molar-refractivity contribution in [3.8, 4) is 6.07 Å². The maximum Gasteiger partial charge on any atom is 0.139 e. The van der Waals surface area contributed by atoms with Crippen LogP contribution in [0.15, 0.2) is 0 Å². The van der Waals surface area contributed by atoms with E-state index in [1.54, 1.807) is 13.8 Å². The topological polar surface area (TPSA) is 73.5 Å². The summed E-state index contributed by atoms with van der Waals surface area (Å²) >= 11 is 4.46. The van der Waals surface area contributed by atoms with Gasteiger partial charge in [-0.15, -0.1) is 0 Å². The van der Waals surface area contributed by atoms with Crippen molar-refractivity contribution in [2.45, 2.75) is 69.3 Å². The number of thiol groups is 1. The second kappa shape index (κ2) is 10.4. The molecule has 1 radical (unpaired) electrons. The van der Waals surface area contributed by atoms with Gasteiger partial charge in [-0.25, -0.2) is 0 Å². The molecule has 21 heavy (non-hydrogen) atoms. The Labute approximate surface area is 136 Å². The van der Waals surface area contributed by atoms with Crippen molar-refractivity contribution in [1.29, 1.82) is 5.26 Å². The molecule has 0 rings (SSSR count). The first-order chi connectivity index (χ1) is 9.87. The number of ether oxygens (including phenoxy) is 1. The fourth-order valence-corrected chi connectivity index (χ4v) is 3.61. The highest BCUT2D eigenvalue weighted by Crippen LogP contribution is 2.21. The van der Waals surface area contributed by atoms with Crippen LogP contribution in [-0.4, -0.2) is 47.9 Å². The molecular formula is C15H28NO3SSi. The third-order valence-corrected chi connectivity index (χ3v) is 5.62. The summed E-state index contributed by atoms with van der Waals surface area (Å²) in [7, 11) is -0.179. The van der Waals surface area contributed by atoms with Gasteiger partial charge in [-0.1, -0.05) is 39.0 Å². The van der Waals surface area contributed by atoms with E-state index >= 15 is 0 Å². The molecule has 0 aromatic carbocycles. The molecule has 2 unspecified atom stereocenters.